The van der Waals surface area contributed by atoms with Gasteiger partial charge in [-0.25, -0.2) is 0 Å². The summed E-state index contributed by atoms with van der Waals surface area (Å²) >= 11 is 0. The van der Waals surface area contributed by atoms with Crippen LogP contribution in [0.5, 0.6) is 0 Å². The van der Waals surface area contributed by atoms with Gasteiger partial charge in [0.1, 0.15) is 0 Å². The van der Waals surface area contributed by atoms with Crippen molar-refractivity contribution in [1.29, 1.82) is 0 Å². The van der Waals surface area contributed by atoms with E-state index in [4.69, 9.17) is 11.2 Å². The van der Waals surface area contributed by atoms with Gasteiger partial charge in [-0.3, -0.25) is 9.59 Å². The van der Waals surface area contributed by atoms with Gasteiger partial charge in [-0.2, -0.15) is 0 Å². The molecule has 0 bridgehead atoms. The van der Waals surface area contributed by atoms with E-state index in [1.54, 1.807) is 0 Å². The van der Waals surface area contributed by atoms with Crippen molar-refractivity contribution >= 4 is 11.8 Å². The summed E-state index contributed by atoms with van der Waals surface area (Å²) in [6.45, 7) is 4.08. The SMILES string of the molecule is C#C[C@]1(OC(=O)CC)CC[C@H]2[C@@H]3CCC4=CC(=O)CC[C@@H]4[C@H]3CC[C@@]21CC. The van der Waals surface area contributed by atoms with Crippen LogP contribution in [0.15, 0.2) is 11.6 Å². The van der Waals surface area contributed by atoms with Crippen LogP contribution in [-0.2, 0) is 14.3 Å². The van der Waals surface area contributed by atoms with E-state index in [1.807, 2.05) is 13.0 Å². The Labute approximate surface area is 163 Å². The molecule has 3 nitrogen and oxygen atoms in total. The largest absolute Gasteiger partial charge is 0.445 e. The van der Waals surface area contributed by atoms with E-state index >= 15 is 0 Å². The molecule has 0 unspecified atom stereocenters. The zero-order valence-corrected chi connectivity index (χ0v) is 16.8. The van der Waals surface area contributed by atoms with Crippen LogP contribution in [0.4, 0.5) is 0 Å². The van der Waals surface area contributed by atoms with Gasteiger partial charge in [0, 0.05) is 18.3 Å². The molecule has 4 aliphatic carbocycles. The number of ether oxygens (including phenoxy) is 1. The summed E-state index contributed by atoms with van der Waals surface area (Å²) in [6, 6.07) is 0. The Balaban J connectivity index is 1.66. The van der Waals surface area contributed by atoms with E-state index in [0.29, 0.717) is 42.3 Å². The Bertz CT molecular complexity index is 714. The zero-order valence-electron chi connectivity index (χ0n) is 16.8. The van der Waals surface area contributed by atoms with Crippen molar-refractivity contribution in [2.24, 2.45) is 29.1 Å². The average Bonchev–Trinajstić information content (AvgIpc) is 3.02. The van der Waals surface area contributed by atoms with E-state index in [1.165, 1.54) is 5.57 Å². The van der Waals surface area contributed by atoms with Crippen LogP contribution < -0.4 is 0 Å². The molecule has 0 aromatic heterocycles. The fourth-order valence-electron chi connectivity index (χ4n) is 7.38. The highest BCUT2D eigenvalue weighted by atomic mass is 16.6. The van der Waals surface area contributed by atoms with Crippen LogP contribution in [0.3, 0.4) is 0 Å². The van der Waals surface area contributed by atoms with Gasteiger partial charge in [0.25, 0.3) is 0 Å². The van der Waals surface area contributed by atoms with E-state index in [0.717, 1.165) is 51.4 Å². The first-order valence-electron chi connectivity index (χ1n) is 10.9. The molecule has 6 atom stereocenters. The molecular weight excluding hydrogens is 336 g/mol. The van der Waals surface area contributed by atoms with Gasteiger partial charge < -0.3 is 4.74 Å². The minimum absolute atomic E-state index is 0.0700. The first kappa shape index (κ1) is 18.8. The molecule has 4 aliphatic rings. The lowest BCUT2D eigenvalue weighted by Crippen LogP contribution is -2.55. The number of allylic oxidation sites excluding steroid dienone is 1. The fraction of sp³-hybridized carbons (Fsp3) is 0.750. The molecule has 0 saturated heterocycles. The van der Waals surface area contributed by atoms with Crippen LogP contribution in [0.1, 0.15) is 78.1 Å². The molecule has 0 aliphatic heterocycles. The Kier molecular flexibility index (Phi) is 4.73. The maximum absolute atomic E-state index is 12.2. The van der Waals surface area contributed by atoms with Gasteiger partial charge in [0.15, 0.2) is 11.4 Å². The number of terminal acetylenes is 1. The predicted molar refractivity (Wildman–Crippen MR) is 105 cm³/mol. The second-order valence-corrected chi connectivity index (χ2v) is 9.19. The molecule has 27 heavy (non-hydrogen) atoms. The monoisotopic (exact) mass is 368 g/mol. The third-order valence-electron chi connectivity index (χ3n) is 8.56. The molecule has 4 rings (SSSR count). The molecule has 0 N–H and O–H groups in total. The van der Waals surface area contributed by atoms with Crippen LogP contribution in [0.2, 0.25) is 0 Å². The van der Waals surface area contributed by atoms with Gasteiger partial charge in [0.05, 0.1) is 0 Å². The van der Waals surface area contributed by atoms with E-state index in [9.17, 15) is 9.59 Å². The maximum atomic E-state index is 12.2. The minimum atomic E-state index is -0.719. The Morgan fingerprint density at radius 1 is 1.19 bits per heavy atom. The number of carbonyl (C=O) groups excluding carboxylic acids is 2. The van der Waals surface area contributed by atoms with Crippen molar-refractivity contribution in [2.75, 3.05) is 0 Å². The normalized spacial score (nSPS) is 43.0. The highest BCUT2D eigenvalue weighted by Crippen LogP contribution is 2.67. The van der Waals surface area contributed by atoms with E-state index in [-0.39, 0.29) is 11.4 Å². The molecule has 0 spiro atoms. The van der Waals surface area contributed by atoms with Crippen molar-refractivity contribution in [3.8, 4) is 12.3 Å². The van der Waals surface area contributed by atoms with Crippen molar-refractivity contribution in [1.82, 2.24) is 0 Å². The summed E-state index contributed by atoms with van der Waals surface area (Å²) < 4.78 is 6.03. The molecule has 3 heteroatoms. The van der Waals surface area contributed by atoms with Gasteiger partial charge in [-0.1, -0.05) is 25.3 Å². The summed E-state index contributed by atoms with van der Waals surface area (Å²) in [7, 11) is 0. The number of carbonyl (C=O) groups is 2. The number of ketones is 1. The molecule has 0 amide bonds. The van der Waals surface area contributed by atoms with Crippen LogP contribution in [-0.4, -0.2) is 17.4 Å². The number of hydrogen-bond acceptors (Lipinski definition) is 3. The molecule has 0 aromatic rings. The van der Waals surface area contributed by atoms with Crippen LogP contribution >= 0.6 is 0 Å². The number of rotatable bonds is 3. The third kappa shape index (κ3) is 2.63. The third-order valence-corrected chi connectivity index (χ3v) is 8.56. The topological polar surface area (TPSA) is 43.4 Å². The molecule has 3 fully saturated rings. The lowest BCUT2D eigenvalue weighted by molar-refractivity contribution is -0.172. The van der Waals surface area contributed by atoms with Crippen molar-refractivity contribution < 1.29 is 14.3 Å². The number of esters is 1. The summed E-state index contributed by atoms with van der Waals surface area (Å²) in [5.41, 5.74) is 0.623. The minimum Gasteiger partial charge on any atom is -0.445 e. The first-order chi connectivity index (χ1) is 13.0. The van der Waals surface area contributed by atoms with Gasteiger partial charge in [-0.05, 0) is 81.1 Å². The second-order valence-electron chi connectivity index (χ2n) is 9.19. The van der Waals surface area contributed by atoms with Crippen LogP contribution in [0, 0.1) is 41.4 Å². The van der Waals surface area contributed by atoms with Crippen molar-refractivity contribution in [2.45, 2.75) is 83.7 Å². The average molecular weight is 369 g/mol. The van der Waals surface area contributed by atoms with Crippen molar-refractivity contribution in [3.05, 3.63) is 11.6 Å². The molecule has 0 aromatic carbocycles. The van der Waals surface area contributed by atoms with E-state index < -0.39 is 5.60 Å². The number of hydrogen-bond donors (Lipinski definition) is 0. The summed E-state index contributed by atoms with van der Waals surface area (Å²) in [4.78, 5) is 24.1. The van der Waals surface area contributed by atoms with E-state index in [2.05, 4.69) is 12.8 Å². The lowest BCUT2D eigenvalue weighted by atomic mass is 9.49. The lowest BCUT2D eigenvalue weighted by Gasteiger charge is -2.56. The molecule has 146 valence electrons. The van der Waals surface area contributed by atoms with Crippen molar-refractivity contribution in [3.63, 3.8) is 0 Å². The quantitative estimate of drug-likeness (QED) is 0.529. The van der Waals surface area contributed by atoms with Gasteiger partial charge >= 0.3 is 5.97 Å². The summed E-state index contributed by atoms with van der Waals surface area (Å²) in [5, 5.41) is 0. The maximum Gasteiger partial charge on any atom is 0.307 e. The number of fused-ring (bicyclic) bond motifs is 5. The van der Waals surface area contributed by atoms with Crippen LogP contribution in [0.25, 0.3) is 0 Å². The molecule has 0 radical (unpaired) electrons. The Hall–Kier alpha value is -1.56. The Morgan fingerprint density at radius 2 is 2.00 bits per heavy atom. The summed E-state index contributed by atoms with van der Waals surface area (Å²) in [5.74, 6) is 5.62. The van der Waals surface area contributed by atoms with Gasteiger partial charge in [-0.15, -0.1) is 6.42 Å². The van der Waals surface area contributed by atoms with Gasteiger partial charge in [0.2, 0.25) is 0 Å². The molecule has 0 heterocycles. The highest BCUT2D eigenvalue weighted by molar-refractivity contribution is 5.91. The fourth-order valence-corrected chi connectivity index (χ4v) is 7.38. The zero-order chi connectivity index (χ0) is 19.2. The smallest absolute Gasteiger partial charge is 0.307 e. The predicted octanol–water partition coefficient (Wildman–Crippen LogP) is 4.84. The second kappa shape index (κ2) is 6.80. The standard InChI is InChI=1S/C24H32O3/c1-4-22(26)27-24(6-3)14-12-21-20-9-7-16-15-17(25)8-10-18(16)19(20)11-13-23(21,24)5-2/h3,15,18-21H,4-5,7-14H2,1-2H3/t18-,19+,20+,21-,23-,24-/m0/s1. The molecule has 3 saturated carbocycles. The highest BCUT2D eigenvalue weighted by Gasteiger charge is 2.65. The first-order valence-corrected chi connectivity index (χ1v) is 10.9. The molecular formula is C24H32O3. The Morgan fingerprint density at radius 3 is 2.70 bits per heavy atom. The summed E-state index contributed by atoms with van der Waals surface area (Å²) in [6.07, 6.45) is 17.4.